The van der Waals surface area contributed by atoms with E-state index in [4.69, 9.17) is 10.5 Å². The molecule has 2 aromatic rings. The Hall–Kier alpha value is -2.77. The number of carbonyl (C=O) groups is 1. The summed E-state index contributed by atoms with van der Waals surface area (Å²) in [5.41, 5.74) is 2.63. The van der Waals surface area contributed by atoms with Gasteiger partial charge in [0.15, 0.2) is 0 Å². The fourth-order valence-corrected chi connectivity index (χ4v) is 2.17. The lowest BCUT2D eigenvalue weighted by atomic mass is 10.1. The number of ether oxygens (including phenoxy) is 1. The summed E-state index contributed by atoms with van der Waals surface area (Å²) < 4.78 is 45.0. The zero-order chi connectivity index (χ0) is 17.2. The first-order valence-corrected chi connectivity index (χ1v) is 6.48. The van der Waals surface area contributed by atoms with E-state index in [-0.39, 0.29) is 0 Å². The largest absolute Gasteiger partial charge is 0.496 e. The van der Waals surface area contributed by atoms with Gasteiger partial charge in [-0.2, -0.15) is 13.2 Å². The van der Waals surface area contributed by atoms with Crippen molar-refractivity contribution in [1.29, 1.82) is 0 Å². The van der Waals surface area contributed by atoms with Crippen LogP contribution in [0.5, 0.6) is 5.75 Å². The van der Waals surface area contributed by atoms with Gasteiger partial charge in [0.05, 0.1) is 13.7 Å². The fourth-order valence-electron chi connectivity index (χ4n) is 2.17. The summed E-state index contributed by atoms with van der Waals surface area (Å²) in [6.45, 7) is -0.404. The molecule has 1 aromatic heterocycles. The summed E-state index contributed by atoms with van der Waals surface area (Å²) in [5, 5.41) is 0. The number of aromatic nitrogens is 1. The van der Waals surface area contributed by atoms with E-state index in [2.05, 4.69) is 0 Å². The molecule has 1 aromatic carbocycles. The Bertz CT molecular complexity index is 797. The number of hydrogen-bond acceptors (Lipinski definition) is 3. The van der Waals surface area contributed by atoms with E-state index in [0.717, 1.165) is 6.07 Å². The molecule has 0 aliphatic rings. The molecule has 0 spiro atoms. The second-order valence-corrected chi connectivity index (χ2v) is 4.70. The lowest BCUT2D eigenvalue weighted by Gasteiger charge is -2.17. The van der Waals surface area contributed by atoms with Gasteiger partial charge in [0.1, 0.15) is 17.0 Å². The van der Waals surface area contributed by atoms with Gasteiger partial charge in [0.25, 0.3) is 11.5 Å². The molecule has 23 heavy (non-hydrogen) atoms. The number of para-hydroxylation sites is 1. The number of alkyl halides is 3. The van der Waals surface area contributed by atoms with Crippen molar-refractivity contribution in [2.24, 2.45) is 5.73 Å². The van der Waals surface area contributed by atoms with E-state index >= 15 is 0 Å². The number of rotatable bonds is 4. The summed E-state index contributed by atoms with van der Waals surface area (Å²) in [4.78, 5) is 23.4. The van der Waals surface area contributed by atoms with Crippen molar-refractivity contribution < 1.29 is 22.7 Å². The van der Waals surface area contributed by atoms with Gasteiger partial charge < -0.3 is 10.5 Å². The molecule has 0 saturated carbocycles. The van der Waals surface area contributed by atoms with Crippen molar-refractivity contribution in [3.63, 3.8) is 0 Å². The van der Waals surface area contributed by atoms with Crippen molar-refractivity contribution in [2.45, 2.75) is 12.7 Å². The Balaban J connectivity index is 2.65. The Kier molecular flexibility index (Phi) is 4.44. The molecular weight excluding hydrogens is 313 g/mol. The predicted molar refractivity (Wildman–Crippen MR) is 76.3 cm³/mol. The number of halogens is 3. The maximum atomic E-state index is 13.1. The summed E-state index contributed by atoms with van der Waals surface area (Å²) >= 11 is 0. The van der Waals surface area contributed by atoms with Gasteiger partial charge >= 0.3 is 6.18 Å². The van der Waals surface area contributed by atoms with Crippen LogP contribution in [0, 0.1) is 0 Å². The molecule has 8 heteroatoms. The first-order chi connectivity index (χ1) is 10.8. The van der Waals surface area contributed by atoms with E-state index in [1.165, 1.54) is 13.2 Å². The Morgan fingerprint density at radius 3 is 2.43 bits per heavy atom. The summed E-state index contributed by atoms with van der Waals surface area (Å²) in [7, 11) is 1.37. The highest BCUT2D eigenvalue weighted by Gasteiger charge is 2.35. The molecule has 5 nitrogen and oxygen atoms in total. The highest BCUT2D eigenvalue weighted by atomic mass is 19.4. The topological polar surface area (TPSA) is 74.3 Å². The second kappa shape index (κ2) is 6.15. The molecule has 0 aliphatic carbocycles. The Morgan fingerprint density at radius 1 is 1.22 bits per heavy atom. The van der Waals surface area contributed by atoms with Crippen molar-refractivity contribution in [3.05, 3.63) is 63.6 Å². The number of pyridine rings is 1. The summed E-state index contributed by atoms with van der Waals surface area (Å²) in [6, 6.07) is 7.79. The second-order valence-electron chi connectivity index (χ2n) is 4.70. The molecule has 0 fully saturated rings. The van der Waals surface area contributed by atoms with Gasteiger partial charge in [0, 0.05) is 5.56 Å². The van der Waals surface area contributed by atoms with Crippen LogP contribution in [0.3, 0.4) is 0 Å². The van der Waals surface area contributed by atoms with Gasteiger partial charge in [-0.25, -0.2) is 0 Å². The number of methoxy groups -OCH3 is 1. The minimum absolute atomic E-state index is 0.331. The van der Waals surface area contributed by atoms with E-state index in [1.54, 1.807) is 18.2 Å². The van der Waals surface area contributed by atoms with Gasteiger partial charge in [-0.15, -0.1) is 0 Å². The van der Waals surface area contributed by atoms with Crippen molar-refractivity contribution in [2.75, 3.05) is 7.11 Å². The average molecular weight is 326 g/mol. The van der Waals surface area contributed by atoms with Crippen LogP contribution in [0.15, 0.2) is 41.2 Å². The van der Waals surface area contributed by atoms with Crippen LogP contribution in [-0.2, 0) is 12.7 Å². The normalized spacial score (nSPS) is 11.3. The lowest BCUT2D eigenvalue weighted by Crippen LogP contribution is -2.34. The zero-order valence-corrected chi connectivity index (χ0v) is 12.1. The maximum Gasteiger partial charge on any atom is 0.431 e. The maximum absolute atomic E-state index is 13.1. The first-order valence-electron chi connectivity index (χ1n) is 6.48. The number of nitrogens with zero attached hydrogens (tertiary/aromatic N) is 1. The number of primary amides is 1. The van der Waals surface area contributed by atoms with Crippen LogP contribution in [0.1, 0.15) is 21.6 Å². The molecule has 0 unspecified atom stereocenters. The third-order valence-electron chi connectivity index (χ3n) is 3.25. The van der Waals surface area contributed by atoms with Gasteiger partial charge in [-0.05, 0) is 18.2 Å². The smallest absolute Gasteiger partial charge is 0.431 e. The van der Waals surface area contributed by atoms with E-state index < -0.39 is 35.4 Å². The molecule has 0 aliphatic heterocycles. The average Bonchev–Trinajstić information content (AvgIpc) is 2.48. The quantitative estimate of drug-likeness (QED) is 0.934. The van der Waals surface area contributed by atoms with Crippen molar-refractivity contribution in [3.8, 4) is 5.75 Å². The lowest BCUT2D eigenvalue weighted by molar-refractivity contribution is -0.144. The van der Waals surface area contributed by atoms with Crippen LogP contribution in [-0.4, -0.2) is 17.6 Å². The van der Waals surface area contributed by atoms with Crippen LogP contribution < -0.4 is 16.0 Å². The molecule has 0 radical (unpaired) electrons. The number of nitrogens with two attached hydrogens (primary N) is 1. The molecule has 0 atom stereocenters. The molecule has 2 rings (SSSR count). The molecule has 1 heterocycles. The number of amides is 1. The van der Waals surface area contributed by atoms with E-state index in [1.807, 2.05) is 0 Å². The molecule has 1 amide bonds. The van der Waals surface area contributed by atoms with Crippen LogP contribution in [0.25, 0.3) is 0 Å². The third-order valence-corrected chi connectivity index (χ3v) is 3.25. The Morgan fingerprint density at radius 2 is 1.87 bits per heavy atom. The zero-order valence-electron chi connectivity index (χ0n) is 12.1. The predicted octanol–water partition coefficient (Wildman–Crippen LogP) is 2.02. The molecule has 2 N–H and O–H groups in total. The number of benzene rings is 1. The van der Waals surface area contributed by atoms with E-state index in [9.17, 15) is 22.8 Å². The Labute approximate surface area is 129 Å². The minimum Gasteiger partial charge on any atom is -0.496 e. The monoisotopic (exact) mass is 326 g/mol. The fraction of sp³-hybridized carbons (Fsp3) is 0.200. The van der Waals surface area contributed by atoms with E-state index in [0.29, 0.717) is 21.9 Å². The van der Waals surface area contributed by atoms with Crippen molar-refractivity contribution in [1.82, 2.24) is 4.57 Å². The number of hydrogen-bond donors (Lipinski definition) is 1. The first kappa shape index (κ1) is 16.6. The van der Waals surface area contributed by atoms with Crippen LogP contribution in [0.2, 0.25) is 0 Å². The van der Waals surface area contributed by atoms with Gasteiger partial charge in [-0.1, -0.05) is 18.2 Å². The van der Waals surface area contributed by atoms with Gasteiger partial charge in [-0.3, -0.25) is 14.2 Å². The molecule has 0 saturated heterocycles. The highest BCUT2D eigenvalue weighted by Crippen LogP contribution is 2.29. The standard InChI is InChI=1S/C15H13F3N2O3/c1-23-11-5-3-2-4-9(11)8-20-12(15(16,17)18)7-6-10(13(19)21)14(20)22/h2-7H,8H2,1H3,(H2,19,21). The van der Waals surface area contributed by atoms with Gasteiger partial charge in [0.2, 0.25) is 0 Å². The van der Waals surface area contributed by atoms with Crippen LogP contribution in [0.4, 0.5) is 13.2 Å². The highest BCUT2D eigenvalue weighted by molar-refractivity contribution is 5.92. The molecular formula is C15H13F3N2O3. The summed E-state index contributed by atoms with van der Waals surface area (Å²) in [6.07, 6.45) is -4.75. The SMILES string of the molecule is COc1ccccc1Cn1c(C(F)(F)F)ccc(C(N)=O)c1=O. The van der Waals surface area contributed by atoms with Crippen molar-refractivity contribution >= 4 is 5.91 Å². The summed E-state index contributed by atoms with van der Waals surface area (Å²) in [5.74, 6) is -0.755. The number of carbonyl (C=O) groups excluding carboxylic acids is 1. The van der Waals surface area contributed by atoms with Crippen LogP contribution >= 0.6 is 0 Å². The third kappa shape index (κ3) is 3.36. The minimum atomic E-state index is -4.75. The molecule has 122 valence electrons. The molecule has 0 bridgehead atoms.